The molecule has 0 spiro atoms. The van der Waals surface area contributed by atoms with Crippen LogP contribution in [0.5, 0.6) is 0 Å². The molecule has 12 heavy (non-hydrogen) atoms. The Balaban J connectivity index is 2.38. The summed E-state index contributed by atoms with van der Waals surface area (Å²) in [6, 6.07) is 3.63. The second kappa shape index (κ2) is 4.49. The van der Waals surface area contributed by atoms with Crippen molar-refractivity contribution in [1.82, 2.24) is 4.98 Å². The number of methoxy groups -OCH3 is 1. The second-order valence-electron chi connectivity index (χ2n) is 2.37. The molecule has 0 N–H and O–H groups in total. The summed E-state index contributed by atoms with van der Waals surface area (Å²) in [6.45, 7) is 0. The van der Waals surface area contributed by atoms with Crippen LogP contribution in [0.3, 0.4) is 0 Å². The first-order valence-electron chi connectivity index (χ1n) is 3.70. The molecule has 0 amide bonds. The highest BCUT2D eigenvalue weighted by molar-refractivity contribution is 5.69. The van der Waals surface area contributed by atoms with Crippen molar-refractivity contribution in [2.24, 2.45) is 0 Å². The molecule has 1 heterocycles. The Kier molecular flexibility index (Phi) is 3.26. The Morgan fingerprint density at radius 2 is 2.58 bits per heavy atom. The summed E-state index contributed by atoms with van der Waals surface area (Å²) in [4.78, 5) is 14.5. The number of nitrogens with zero attached hydrogens (tertiary/aromatic N) is 1. The first-order valence-corrected chi connectivity index (χ1v) is 3.70. The first kappa shape index (κ1) is 8.71. The van der Waals surface area contributed by atoms with E-state index in [2.05, 4.69) is 15.9 Å². The van der Waals surface area contributed by atoms with Crippen molar-refractivity contribution in [3.05, 3.63) is 30.1 Å². The number of ether oxygens (including phenoxy) is 1. The fourth-order valence-corrected chi connectivity index (χ4v) is 0.848. The van der Waals surface area contributed by atoms with Crippen LogP contribution in [-0.4, -0.2) is 18.1 Å². The SMILES string of the molecule is COC(=O)CCc1c[c]ncc1. The fourth-order valence-electron chi connectivity index (χ4n) is 0.848. The Labute approximate surface area is 71.4 Å². The van der Waals surface area contributed by atoms with E-state index in [1.807, 2.05) is 6.07 Å². The number of carbonyl (C=O) groups is 1. The monoisotopic (exact) mass is 164 g/mol. The highest BCUT2D eigenvalue weighted by Crippen LogP contribution is 2.00. The molecule has 0 aliphatic heterocycles. The molecule has 0 bridgehead atoms. The van der Waals surface area contributed by atoms with E-state index >= 15 is 0 Å². The molecule has 0 saturated carbocycles. The van der Waals surface area contributed by atoms with E-state index in [1.165, 1.54) is 7.11 Å². The predicted octanol–water partition coefficient (Wildman–Crippen LogP) is 0.987. The van der Waals surface area contributed by atoms with Gasteiger partial charge in [-0.1, -0.05) is 0 Å². The number of hydrogen-bond donors (Lipinski definition) is 0. The van der Waals surface area contributed by atoms with Gasteiger partial charge in [-0.15, -0.1) is 0 Å². The van der Waals surface area contributed by atoms with Gasteiger partial charge in [-0.2, -0.15) is 0 Å². The maximum absolute atomic E-state index is 10.7. The lowest BCUT2D eigenvalue weighted by atomic mass is 10.1. The van der Waals surface area contributed by atoms with E-state index < -0.39 is 0 Å². The lowest BCUT2D eigenvalue weighted by Crippen LogP contribution is -2.01. The largest absolute Gasteiger partial charge is 0.469 e. The summed E-state index contributed by atoms with van der Waals surface area (Å²) in [5, 5.41) is 0. The molecule has 0 aliphatic rings. The number of hydrogen-bond acceptors (Lipinski definition) is 3. The van der Waals surface area contributed by atoms with Crippen molar-refractivity contribution >= 4 is 5.97 Å². The molecule has 1 aromatic rings. The van der Waals surface area contributed by atoms with Crippen LogP contribution in [0.4, 0.5) is 0 Å². The van der Waals surface area contributed by atoms with Gasteiger partial charge in [0.05, 0.1) is 13.3 Å². The normalized spacial score (nSPS) is 9.42. The minimum atomic E-state index is -0.188. The van der Waals surface area contributed by atoms with Crippen molar-refractivity contribution in [2.75, 3.05) is 7.11 Å². The third-order valence-electron chi connectivity index (χ3n) is 1.53. The second-order valence-corrected chi connectivity index (χ2v) is 2.37. The summed E-state index contributed by atoms with van der Waals surface area (Å²) in [6.07, 6.45) is 5.46. The average Bonchev–Trinajstić information content (AvgIpc) is 2.16. The van der Waals surface area contributed by atoms with Crippen molar-refractivity contribution in [3.8, 4) is 0 Å². The summed E-state index contributed by atoms with van der Waals surface area (Å²) in [5.41, 5.74) is 1.05. The summed E-state index contributed by atoms with van der Waals surface area (Å²) < 4.78 is 4.51. The van der Waals surface area contributed by atoms with E-state index in [-0.39, 0.29) is 5.97 Å². The zero-order chi connectivity index (χ0) is 8.81. The van der Waals surface area contributed by atoms with E-state index in [1.54, 1.807) is 12.3 Å². The third kappa shape index (κ3) is 2.70. The lowest BCUT2D eigenvalue weighted by molar-refractivity contribution is -0.140. The molecule has 0 saturated heterocycles. The van der Waals surface area contributed by atoms with Crippen molar-refractivity contribution in [3.63, 3.8) is 0 Å². The van der Waals surface area contributed by atoms with Gasteiger partial charge in [0, 0.05) is 12.6 Å². The molecule has 3 nitrogen and oxygen atoms in total. The van der Waals surface area contributed by atoms with Gasteiger partial charge >= 0.3 is 5.97 Å². The van der Waals surface area contributed by atoms with Gasteiger partial charge in [-0.3, -0.25) is 9.78 Å². The number of esters is 1. The van der Waals surface area contributed by atoms with Crippen LogP contribution in [0.25, 0.3) is 0 Å². The fraction of sp³-hybridized carbons (Fsp3) is 0.333. The van der Waals surface area contributed by atoms with Crippen LogP contribution >= 0.6 is 0 Å². The van der Waals surface area contributed by atoms with Crippen LogP contribution in [0.15, 0.2) is 18.3 Å². The summed E-state index contributed by atoms with van der Waals surface area (Å²) in [5.74, 6) is -0.188. The summed E-state index contributed by atoms with van der Waals surface area (Å²) in [7, 11) is 1.39. The molecule has 0 aromatic carbocycles. The Hall–Kier alpha value is -1.38. The molecule has 3 heteroatoms. The highest BCUT2D eigenvalue weighted by atomic mass is 16.5. The van der Waals surface area contributed by atoms with Gasteiger partial charge in [0.15, 0.2) is 0 Å². The van der Waals surface area contributed by atoms with Crippen LogP contribution in [0.2, 0.25) is 0 Å². The molecular formula is C9H10NO2. The van der Waals surface area contributed by atoms with Crippen LogP contribution in [0.1, 0.15) is 12.0 Å². The lowest BCUT2D eigenvalue weighted by Gasteiger charge is -1.98. The van der Waals surface area contributed by atoms with Gasteiger partial charge in [0.2, 0.25) is 0 Å². The molecule has 0 unspecified atom stereocenters. The Morgan fingerprint density at radius 1 is 1.75 bits per heavy atom. The first-order chi connectivity index (χ1) is 5.83. The quantitative estimate of drug-likeness (QED) is 0.625. The average molecular weight is 164 g/mol. The van der Waals surface area contributed by atoms with Crippen molar-refractivity contribution in [1.29, 1.82) is 0 Å². The maximum atomic E-state index is 10.7. The molecule has 0 aliphatic carbocycles. The van der Waals surface area contributed by atoms with Crippen LogP contribution in [0, 0.1) is 6.20 Å². The van der Waals surface area contributed by atoms with E-state index in [0.29, 0.717) is 12.8 Å². The minimum Gasteiger partial charge on any atom is -0.469 e. The van der Waals surface area contributed by atoms with E-state index in [9.17, 15) is 4.79 Å². The Morgan fingerprint density at radius 3 is 3.17 bits per heavy atom. The number of pyridine rings is 1. The molecule has 63 valence electrons. The van der Waals surface area contributed by atoms with Crippen LogP contribution < -0.4 is 0 Å². The standard InChI is InChI=1S/C9H10NO2/c1-12-9(11)3-2-8-4-6-10-7-5-8/h4-6H,2-3H2,1H3. The molecular weight excluding hydrogens is 154 g/mol. The Bertz CT molecular complexity index is 246. The topological polar surface area (TPSA) is 39.2 Å². The number of aryl methyl sites for hydroxylation is 1. The number of rotatable bonds is 3. The van der Waals surface area contributed by atoms with E-state index in [0.717, 1.165) is 5.56 Å². The highest BCUT2D eigenvalue weighted by Gasteiger charge is 1.99. The van der Waals surface area contributed by atoms with Gasteiger partial charge in [-0.05, 0) is 24.1 Å². The number of carbonyl (C=O) groups excluding carboxylic acids is 1. The zero-order valence-electron chi connectivity index (χ0n) is 6.91. The van der Waals surface area contributed by atoms with Gasteiger partial charge in [0.25, 0.3) is 0 Å². The molecule has 0 fully saturated rings. The molecule has 1 aromatic heterocycles. The molecule has 0 atom stereocenters. The molecule has 1 radical (unpaired) electrons. The van der Waals surface area contributed by atoms with Crippen LogP contribution in [-0.2, 0) is 16.0 Å². The van der Waals surface area contributed by atoms with E-state index in [4.69, 9.17) is 0 Å². The smallest absolute Gasteiger partial charge is 0.305 e. The summed E-state index contributed by atoms with van der Waals surface area (Å²) >= 11 is 0. The van der Waals surface area contributed by atoms with Gasteiger partial charge < -0.3 is 4.74 Å². The van der Waals surface area contributed by atoms with Gasteiger partial charge in [-0.25, -0.2) is 0 Å². The molecule has 1 rings (SSSR count). The number of aromatic nitrogens is 1. The predicted molar refractivity (Wildman–Crippen MR) is 43.4 cm³/mol. The minimum absolute atomic E-state index is 0.188. The maximum Gasteiger partial charge on any atom is 0.305 e. The van der Waals surface area contributed by atoms with Crippen molar-refractivity contribution in [2.45, 2.75) is 12.8 Å². The van der Waals surface area contributed by atoms with Gasteiger partial charge in [0.1, 0.15) is 0 Å². The zero-order valence-corrected chi connectivity index (χ0v) is 6.91. The third-order valence-corrected chi connectivity index (χ3v) is 1.53. The van der Waals surface area contributed by atoms with Crippen molar-refractivity contribution < 1.29 is 9.53 Å².